The SMILES string of the molecule is O=CNN(C=O)c1cccc2c1ccc1ccccc12. The van der Waals surface area contributed by atoms with Crippen LogP contribution in [0.1, 0.15) is 0 Å². The van der Waals surface area contributed by atoms with E-state index in [-0.39, 0.29) is 0 Å². The summed E-state index contributed by atoms with van der Waals surface area (Å²) < 4.78 is 0. The first kappa shape index (κ1) is 12.2. The Kier molecular flexibility index (Phi) is 3.05. The summed E-state index contributed by atoms with van der Waals surface area (Å²) in [6.45, 7) is 0. The fraction of sp³-hybridized carbons (Fsp3) is 0. The largest absolute Gasteiger partial charge is 0.277 e. The normalized spacial score (nSPS) is 10.4. The molecule has 4 nitrogen and oxygen atoms in total. The van der Waals surface area contributed by atoms with Crippen LogP contribution in [-0.2, 0) is 9.59 Å². The van der Waals surface area contributed by atoms with E-state index in [1.54, 1.807) is 6.07 Å². The van der Waals surface area contributed by atoms with E-state index in [9.17, 15) is 9.59 Å². The lowest BCUT2D eigenvalue weighted by Crippen LogP contribution is -2.35. The molecular formula is C16H12N2O2. The van der Waals surface area contributed by atoms with Gasteiger partial charge in [0.25, 0.3) is 0 Å². The lowest BCUT2D eigenvalue weighted by atomic mass is 10.0. The quantitative estimate of drug-likeness (QED) is 0.447. The van der Waals surface area contributed by atoms with Crippen molar-refractivity contribution < 1.29 is 9.59 Å². The first-order valence-electron chi connectivity index (χ1n) is 6.20. The van der Waals surface area contributed by atoms with Gasteiger partial charge in [-0.1, -0.05) is 48.5 Å². The zero-order chi connectivity index (χ0) is 13.9. The molecule has 0 fully saturated rings. The van der Waals surface area contributed by atoms with E-state index in [1.807, 2.05) is 48.5 Å². The standard InChI is InChI=1S/C16H12N2O2/c19-10-17-18(11-20)16-7-3-6-14-13-5-2-1-4-12(13)8-9-15(14)16/h1-11H,(H,17,19). The van der Waals surface area contributed by atoms with Crippen molar-refractivity contribution in [1.82, 2.24) is 5.43 Å². The molecule has 0 aliphatic heterocycles. The number of carbonyl (C=O) groups is 2. The molecule has 3 aromatic rings. The molecular weight excluding hydrogens is 252 g/mol. The van der Waals surface area contributed by atoms with Gasteiger partial charge in [0.15, 0.2) is 0 Å². The second kappa shape index (κ2) is 5.01. The zero-order valence-corrected chi connectivity index (χ0v) is 10.6. The molecule has 3 rings (SSSR count). The van der Waals surface area contributed by atoms with Gasteiger partial charge in [0.1, 0.15) is 0 Å². The van der Waals surface area contributed by atoms with E-state index in [0.717, 1.165) is 21.5 Å². The summed E-state index contributed by atoms with van der Waals surface area (Å²) in [5.41, 5.74) is 3.02. The van der Waals surface area contributed by atoms with Crippen LogP contribution in [0.2, 0.25) is 0 Å². The highest BCUT2D eigenvalue weighted by atomic mass is 16.2. The zero-order valence-electron chi connectivity index (χ0n) is 10.6. The number of fused-ring (bicyclic) bond motifs is 3. The first-order chi connectivity index (χ1) is 9.85. The van der Waals surface area contributed by atoms with Gasteiger partial charge in [0.2, 0.25) is 12.8 Å². The van der Waals surface area contributed by atoms with Crippen LogP contribution in [0.15, 0.2) is 54.6 Å². The fourth-order valence-corrected chi connectivity index (χ4v) is 2.45. The minimum absolute atomic E-state index is 0.480. The van der Waals surface area contributed by atoms with E-state index < -0.39 is 0 Å². The molecule has 0 aromatic heterocycles. The molecule has 0 atom stereocenters. The summed E-state index contributed by atoms with van der Waals surface area (Å²) in [6.07, 6.45) is 1.06. The molecule has 4 heteroatoms. The molecule has 3 aromatic carbocycles. The third kappa shape index (κ3) is 1.87. The predicted molar refractivity (Wildman–Crippen MR) is 79.2 cm³/mol. The second-order valence-electron chi connectivity index (χ2n) is 4.38. The maximum Gasteiger partial charge on any atom is 0.232 e. The number of rotatable bonds is 4. The number of anilines is 1. The molecule has 0 aliphatic carbocycles. The lowest BCUT2D eigenvalue weighted by Gasteiger charge is -2.18. The van der Waals surface area contributed by atoms with Crippen molar-refractivity contribution in [1.29, 1.82) is 0 Å². The molecule has 20 heavy (non-hydrogen) atoms. The van der Waals surface area contributed by atoms with Crippen molar-refractivity contribution in [2.45, 2.75) is 0 Å². The fourth-order valence-electron chi connectivity index (χ4n) is 2.45. The van der Waals surface area contributed by atoms with Crippen LogP contribution in [0.3, 0.4) is 0 Å². The minimum atomic E-state index is 0.480. The third-order valence-electron chi connectivity index (χ3n) is 3.32. The van der Waals surface area contributed by atoms with E-state index in [2.05, 4.69) is 5.43 Å². The van der Waals surface area contributed by atoms with Crippen LogP contribution in [0.5, 0.6) is 0 Å². The number of hydrogen-bond acceptors (Lipinski definition) is 2. The van der Waals surface area contributed by atoms with Crippen LogP contribution in [-0.4, -0.2) is 12.8 Å². The van der Waals surface area contributed by atoms with Gasteiger partial charge in [-0.15, -0.1) is 0 Å². The Bertz CT molecular complexity index is 799. The van der Waals surface area contributed by atoms with Gasteiger partial charge < -0.3 is 0 Å². The van der Waals surface area contributed by atoms with Gasteiger partial charge in [0.05, 0.1) is 5.69 Å². The molecule has 1 N–H and O–H groups in total. The number of benzene rings is 3. The number of carbonyl (C=O) groups excluding carboxylic acids is 2. The Hall–Kier alpha value is -2.88. The monoisotopic (exact) mass is 264 g/mol. The molecule has 0 heterocycles. The molecule has 0 saturated heterocycles. The maximum atomic E-state index is 11.1. The Morgan fingerprint density at radius 3 is 2.40 bits per heavy atom. The van der Waals surface area contributed by atoms with Crippen LogP contribution < -0.4 is 10.4 Å². The molecule has 0 saturated carbocycles. The summed E-state index contributed by atoms with van der Waals surface area (Å²) in [4.78, 5) is 21.7. The van der Waals surface area contributed by atoms with E-state index in [1.165, 1.54) is 5.01 Å². The summed E-state index contributed by atoms with van der Waals surface area (Å²) >= 11 is 0. The molecule has 0 radical (unpaired) electrons. The number of nitrogens with zero attached hydrogens (tertiary/aromatic N) is 1. The summed E-state index contributed by atoms with van der Waals surface area (Å²) in [6, 6.07) is 17.7. The van der Waals surface area contributed by atoms with Gasteiger partial charge in [-0.2, -0.15) is 0 Å². The molecule has 0 unspecified atom stereocenters. The van der Waals surface area contributed by atoms with Gasteiger partial charge in [-0.05, 0) is 22.2 Å². The van der Waals surface area contributed by atoms with E-state index >= 15 is 0 Å². The van der Waals surface area contributed by atoms with Gasteiger partial charge in [-0.25, -0.2) is 5.01 Å². The predicted octanol–water partition coefficient (Wildman–Crippen LogP) is 2.62. The minimum Gasteiger partial charge on any atom is -0.277 e. The molecule has 0 spiro atoms. The van der Waals surface area contributed by atoms with Crippen molar-refractivity contribution >= 4 is 40.1 Å². The molecule has 0 bridgehead atoms. The van der Waals surface area contributed by atoms with Crippen LogP contribution in [0.25, 0.3) is 21.5 Å². The van der Waals surface area contributed by atoms with Crippen molar-refractivity contribution in [2.75, 3.05) is 5.01 Å². The average Bonchev–Trinajstić information content (AvgIpc) is 2.52. The average molecular weight is 264 g/mol. The number of amides is 2. The topological polar surface area (TPSA) is 49.4 Å². The summed E-state index contributed by atoms with van der Waals surface area (Å²) in [5.74, 6) is 0. The van der Waals surface area contributed by atoms with Crippen LogP contribution in [0.4, 0.5) is 5.69 Å². The second-order valence-corrected chi connectivity index (χ2v) is 4.38. The highest BCUT2D eigenvalue weighted by Gasteiger charge is 2.09. The third-order valence-corrected chi connectivity index (χ3v) is 3.32. The Balaban J connectivity index is 2.32. The molecule has 2 amide bonds. The van der Waals surface area contributed by atoms with Crippen molar-refractivity contribution in [2.24, 2.45) is 0 Å². The Morgan fingerprint density at radius 1 is 0.800 bits per heavy atom. The smallest absolute Gasteiger partial charge is 0.232 e. The Labute approximate surface area is 115 Å². The van der Waals surface area contributed by atoms with Crippen molar-refractivity contribution in [3.05, 3.63) is 54.6 Å². The summed E-state index contributed by atoms with van der Waals surface area (Å²) in [7, 11) is 0. The van der Waals surface area contributed by atoms with Crippen molar-refractivity contribution in [3.63, 3.8) is 0 Å². The number of hydrazine groups is 1. The van der Waals surface area contributed by atoms with Crippen LogP contribution >= 0.6 is 0 Å². The summed E-state index contributed by atoms with van der Waals surface area (Å²) in [5, 5.41) is 5.37. The van der Waals surface area contributed by atoms with Gasteiger partial charge in [-0.3, -0.25) is 15.0 Å². The highest BCUT2D eigenvalue weighted by molar-refractivity contribution is 6.12. The number of hydrogen-bond donors (Lipinski definition) is 1. The lowest BCUT2D eigenvalue weighted by molar-refractivity contribution is -0.113. The van der Waals surface area contributed by atoms with E-state index in [4.69, 9.17) is 0 Å². The molecule has 98 valence electrons. The van der Waals surface area contributed by atoms with Crippen LogP contribution in [0, 0.1) is 0 Å². The first-order valence-corrected chi connectivity index (χ1v) is 6.20. The van der Waals surface area contributed by atoms with Crippen molar-refractivity contribution in [3.8, 4) is 0 Å². The maximum absolute atomic E-state index is 11.1. The molecule has 0 aliphatic rings. The van der Waals surface area contributed by atoms with E-state index in [0.29, 0.717) is 18.5 Å². The Morgan fingerprint density at radius 2 is 1.60 bits per heavy atom. The number of nitrogens with one attached hydrogen (secondary N) is 1. The highest BCUT2D eigenvalue weighted by Crippen LogP contribution is 2.31. The van der Waals surface area contributed by atoms with Gasteiger partial charge >= 0.3 is 0 Å². The van der Waals surface area contributed by atoms with Gasteiger partial charge in [0, 0.05) is 5.39 Å².